The van der Waals surface area contributed by atoms with E-state index >= 15 is 0 Å². The van der Waals surface area contributed by atoms with Crippen molar-refractivity contribution in [3.8, 4) is 22.5 Å². The average Bonchev–Trinajstić information content (AvgIpc) is 3.91. The molecule has 3 saturated heterocycles. The fraction of sp³-hybridized carbons (Fsp3) is 0.316. The number of anilines is 2. The summed E-state index contributed by atoms with van der Waals surface area (Å²) in [5.41, 5.74) is 4.13. The molecule has 5 amide bonds. The fourth-order valence-electron chi connectivity index (χ4n) is 7.68. The second kappa shape index (κ2) is 13.9. The van der Waals surface area contributed by atoms with Gasteiger partial charge in [-0.3, -0.25) is 43.7 Å². The molecule has 17 nitrogen and oxygen atoms in total. The lowest BCUT2D eigenvalue weighted by atomic mass is 10.0. The summed E-state index contributed by atoms with van der Waals surface area (Å²) in [4.78, 5) is 79.8. The quantitative estimate of drug-likeness (QED) is 0.217. The zero-order chi connectivity index (χ0) is 38.7. The number of benzene rings is 1. The van der Waals surface area contributed by atoms with Crippen LogP contribution in [0.3, 0.4) is 0 Å². The SMILES string of the molecule is CNc1cc(-n2ccc3cc(C#N)cnc32)ncc1-c1nnc(C2CN(C(=O)CN3CCN(c4ccc5c(c4)C(=O)N(C4CCC(=O)NC4=O)C5=O)CC3)C2)s1. The van der Waals surface area contributed by atoms with Crippen LogP contribution in [0.1, 0.15) is 50.0 Å². The number of piperidine rings is 1. The van der Waals surface area contributed by atoms with Gasteiger partial charge in [0.25, 0.3) is 11.8 Å². The fourth-order valence-corrected chi connectivity index (χ4v) is 8.63. The van der Waals surface area contributed by atoms with Crippen LogP contribution in [-0.4, -0.2) is 128 Å². The molecule has 4 aliphatic heterocycles. The van der Waals surface area contributed by atoms with Crippen LogP contribution in [0.25, 0.3) is 27.4 Å². The van der Waals surface area contributed by atoms with Crippen LogP contribution >= 0.6 is 11.3 Å². The summed E-state index contributed by atoms with van der Waals surface area (Å²) in [6, 6.07) is 11.9. The van der Waals surface area contributed by atoms with Crippen molar-refractivity contribution in [3.05, 3.63) is 76.7 Å². The van der Waals surface area contributed by atoms with E-state index in [1.54, 1.807) is 36.7 Å². The highest BCUT2D eigenvalue weighted by molar-refractivity contribution is 7.14. The van der Waals surface area contributed by atoms with Crippen molar-refractivity contribution in [1.29, 1.82) is 5.26 Å². The minimum Gasteiger partial charge on any atom is -0.387 e. The predicted octanol–water partition coefficient (Wildman–Crippen LogP) is 2.00. The minimum absolute atomic E-state index is 0.0581. The first kappa shape index (κ1) is 35.1. The number of hydrogen-bond donors (Lipinski definition) is 2. The summed E-state index contributed by atoms with van der Waals surface area (Å²) in [6.45, 7) is 4.01. The molecule has 0 bridgehead atoms. The number of likely N-dealkylation sites (tertiary alicyclic amines) is 1. The van der Waals surface area contributed by atoms with Gasteiger partial charge in [0.05, 0.1) is 28.8 Å². The van der Waals surface area contributed by atoms with E-state index in [1.165, 1.54) is 11.3 Å². The molecule has 5 aromatic rings. The third-order valence-electron chi connectivity index (χ3n) is 10.8. The van der Waals surface area contributed by atoms with Gasteiger partial charge in [-0.05, 0) is 36.8 Å². The Morgan fingerprint density at radius 2 is 1.77 bits per heavy atom. The van der Waals surface area contributed by atoms with Crippen LogP contribution in [0.5, 0.6) is 0 Å². The summed E-state index contributed by atoms with van der Waals surface area (Å²) in [7, 11) is 1.84. The van der Waals surface area contributed by atoms with Gasteiger partial charge in [0.1, 0.15) is 28.6 Å². The molecule has 0 radical (unpaired) electrons. The molecule has 9 rings (SSSR count). The van der Waals surface area contributed by atoms with Crippen LogP contribution in [-0.2, 0) is 14.4 Å². The maximum Gasteiger partial charge on any atom is 0.262 e. The van der Waals surface area contributed by atoms with E-state index < -0.39 is 29.7 Å². The molecule has 56 heavy (non-hydrogen) atoms. The molecule has 1 atom stereocenters. The smallest absolute Gasteiger partial charge is 0.262 e. The van der Waals surface area contributed by atoms with Crippen LogP contribution < -0.4 is 15.5 Å². The Kier molecular flexibility index (Phi) is 8.74. The van der Waals surface area contributed by atoms with Gasteiger partial charge in [-0.25, -0.2) is 9.97 Å². The van der Waals surface area contributed by atoms with E-state index in [0.29, 0.717) is 62.8 Å². The number of carbonyl (C=O) groups excluding carboxylic acids is 5. The van der Waals surface area contributed by atoms with E-state index in [-0.39, 0.29) is 35.8 Å². The van der Waals surface area contributed by atoms with Crippen molar-refractivity contribution >= 4 is 63.3 Å². The van der Waals surface area contributed by atoms with Gasteiger partial charge in [0.2, 0.25) is 17.7 Å². The van der Waals surface area contributed by atoms with E-state index in [9.17, 15) is 29.2 Å². The number of nitrogens with zero attached hydrogens (tertiary/aromatic N) is 10. The summed E-state index contributed by atoms with van der Waals surface area (Å²) in [6.07, 6.45) is 5.36. The van der Waals surface area contributed by atoms with E-state index in [2.05, 4.69) is 41.7 Å². The van der Waals surface area contributed by atoms with Gasteiger partial charge in [-0.2, -0.15) is 5.26 Å². The Bertz CT molecular complexity index is 2510. The third kappa shape index (κ3) is 6.10. The number of imide groups is 2. The van der Waals surface area contributed by atoms with Crippen molar-refractivity contribution < 1.29 is 24.0 Å². The first-order chi connectivity index (χ1) is 27.2. The average molecular weight is 771 g/mol. The molecule has 0 aliphatic carbocycles. The molecule has 3 fully saturated rings. The van der Waals surface area contributed by atoms with Gasteiger partial charge in [0.15, 0.2) is 5.01 Å². The predicted molar refractivity (Wildman–Crippen MR) is 203 cm³/mol. The molecule has 1 aromatic carbocycles. The number of pyridine rings is 2. The highest BCUT2D eigenvalue weighted by atomic mass is 32.1. The van der Waals surface area contributed by atoms with Crippen molar-refractivity contribution in [2.75, 3.05) is 63.1 Å². The first-order valence-corrected chi connectivity index (χ1v) is 19.0. The maximum atomic E-state index is 13.3. The van der Waals surface area contributed by atoms with Crippen molar-refractivity contribution in [2.45, 2.75) is 24.8 Å². The molecular formula is C38H34N12O5S. The Morgan fingerprint density at radius 1 is 0.964 bits per heavy atom. The number of piperazine rings is 1. The number of aromatic nitrogens is 5. The highest BCUT2D eigenvalue weighted by Crippen LogP contribution is 2.37. The molecule has 4 aliphatic rings. The minimum atomic E-state index is -1.01. The number of nitriles is 1. The lowest BCUT2D eigenvalue weighted by Crippen LogP contribution is -2.54. The molecule has 0 spiro atoms. The van der Waals surface area contributed by atoms with Crippen molar-refractivity contribution in [1.82, 2.24) is 44.7 Å². The molecule has 8 heterocycles. The molecule has 0 saturated carbocycles. The lowest BCUT2D eigenvalue weighted by Gasteiger charge is -2.41. The molecule has 1 unspecified atom stereocenters. The molecule has 18 heteroatoms. The third-order valence-corrected chi connectivity index (χ3v) is 12.0. The van der Waals surface area contributed by atoms with Crippen LogP contribution in [0, 0.1) is 11.3 Å². The van der Waals surface area contributed by atoms with Gasteiger partial charge >= 0.3 is 0 Å². The Balaban J connectivity index is 0.779. The van der Waals surface area contributed by atoms with Crippen molar-refractivity contribution in [3.63, 3.8) is 0 Å². The van der Waals surface area contributed by atoms with Gasteiger partial charge in [0, 0.05) is 100 Å². The largest absolute Gasteiger partial charge is 0.387 e. The highest BCUT2D eigenvalue weighted by Gasteiger charge is 2.45. The van der Waals surface area contributed by atoms with Crippen LogP contribution in [0.2, 0.25) is 0 Å². The van der Waals surface area contributed by atoms with Crippen LogP contribution in [0.15, 0.2) is 55.0 Å². The Labute approximate surface area is 323 Å². The second-order valence-electron chi connectivity index (χ2n) is 14.2. The second-order valence-corrected chi connectivity index (χ2v) is 15.2. The Morgan fingerprint density at radius 3 is 2.54 bits per heavy atom. The zero-order valence-electron chi connectivity index (χ0n) is 30.1. The molecule has 2 N–H and O–H groups in total. The summed E-state index contributed by atoms with van der Waals surface area (Å²) in [5.74, 6) is -1.28. The number of hydrogen-bond acceptors (Lipinski definition) is 14. The lowest BCUT2D eigenvalue weighted by molar-refractivity contribution is -0.137. The molecule has 282 valence electrons. The van der Waals surface area contributed by atoms with Crippen molar-refractivity contribution in [2.24, 2.45) is 0 Å². The van der Waals surface area contributed by atoms with E-state index in [4.69, 9.17) is 4.98 Å². The van der Waals surface area contributed by atoms with E-state index in [1.807, 2.05) is 34.8 Å². The summed E-state index contributed by atoms with van der Waals surface area (Å²) >= 11 is 1.49. The van der Waals surface area contributed by atoms with E-state index in [0.717, 1.165) is 37.2 Å². The maximum absolute atomic E-state index is 13.3. The van der Waals surface area contributed by atoms with Gasteiger partial charge in [-0.15, -0.1) is 10.2 Å². The standard InChI is InChI=1S/C38H34N12O5S/c1-40-28-14-30(49-7-6-22-12-21(15-39)16-42-33(22)49)41-17-27(28)36-45-44-35(56-36)23-18-48(19-23)32(52)20-46-8-10-47(11-9-46)24-2-3-25-26(13-24)38(55)50(37(25)54)29-4-5-31(51)43-34(29)53/h2-3,6-7,12-14,16-17,23,29H,4-5,8-11,18-20H2,1H3,(H,40,41)(H,43,51,53). The Hall–Kier alpha value is -6.58. The number of carbonyl (C=O) groups is 5. The number of nitrogens with one attached hydrogen (secondary N) is 2. The van der Waals surface area contributed by atoms with Gasteiger partial charge < -0.3 is 15.1 Å². The van der Waals surface area contributed by atoms with Crippen LogP contribution in [0.4, 0.5) is 11.4 Å². The summed E-state index contributed by atoms with van der Waals surface area (Å²) in [5, 5.41) is 26.1. The number of rotatable bonds is 8. The topological polar surface area (TPSA) is 203 Å². The zero-order valence-corrected chi connectivity index (χ0v) is 31.0. The molecule has 4 aromatic heterocycles. The normalized spacial score (nSPS) is 18.9. The first-order valence-electron chi connectivity index (χ1n) is 18.2. The van der Waals surface area contributed by atoms with Gasteiger partial charge in [-0.1, -0.05) is 11.3 Å². The molecular weight excluding hydrogens is 737 g/mol. The summed E-state index contributed by atoms with van der Waals surface area (Å²) < 4.78 is 1.87. The number of amides is 5. The number of fused-ring (bicyclic) bond motifs is 2. The monoisotopic (exact) mass is 770 g/mol.